The molecular weight excluding hydrogens is 423 g/mol. The summed E-state index contributed by atoms with van der Waals surface area (Å²) in [5, 5.41) is 4.20. The molecule has 1 aliphatic carbocycles. The molecule has 0 spiro atoms. The highest BCUT2D eigenvalue weighted by Crippen LogP contribution is 2.62. The smallest absolute Gasteiger partial charge is 0.161 e. The number of ether oxygens (including phenoxy) is 2. The average Bonchev–Trinajstić information content (AvgIpc) is 3.13. The van der Waals surface area contributed by atoms with E-state index in [2.05, 4.69) is 105 Å². The summed E-state index contributed by atoms with van der Waals surface area (Å²) in [4.78, 5) is 0. The average molecular weight is 454 g/mol. The highest BCUT2D eigenvalue weighted by Gasteiger charge is 2.51. The number of hydrogen-bond acceptors (Lipinski definition) is 2. The Morgan fingerprint density at radius 3 is 1.70 bits per heavy atom. The Bertz CT molecular complexity index is 1130. The molecule has 0 atom stereocenters. The van der Waals surface area contributed by atoms with Crippen molar-refractivity contribution >= 4 is 23.2 Å². The Morgan fingerprint density at radius 2 is 1.24 bits per heavy atom. The monoisotopic (exact) mass is 453 g/mol. The van der Waals surface area contributed by atoms with Gasteiger partial charge in [-0.05, 0) is 59.4 Å². The Labute approximate surface area is 197 Å². The van der Waals surface area contributed by atoms with Crippen LogP contribution in [0.1, 0.15) is 20.3 Å². The molecule has 0 radical (unpaired) electrons. The molecule has 0 amide bonds. The van der Waals surface area contributed by atoms with Crippen molar-refractivity contribution in [3.05, 3.63) is 126 Å². The molecular formula is C30H30O2P+. The zero-order valence-corrected chi connectivity index (χ0v) is 20.4. The molecule has 1 heterocycles. The van der Waals surface area contributed by atoms with E-state index in [1.807, 2.05) is 6.26 Å². The van der Waals surface area contributed by atoms with Crippen molar-refractivity contribution in [1.82, 2.24) is 0 Å². The van der Waals surface area contributed by atoms with E-state index in [1.54, 1.807) is 13.4 Å². The van der Waals surface area contributed by atoms with Crippen LogP contribution >= 0.6 is 7.26 Å². The lowest BCUT2D eigenvalue weighted by Gasteiger charge is -2.32. The molecule has 0 bridgehead atoms. The molecule has 5 rings (SSSR count). The van der Waals surface area contributed by atoms with E-state index in [1.165, 1.54) is 32.6 Å². The molecule has 3 aromatic rings. The lowest BCUT2D eigenvalue weighted by molar-refractivity contribution is 0.265. The van der Waals surface area contributed by atoms with E-state index in [0.29, 0.717) is 0 Å². The molecule has 0 aromatic heterocycles. The van der Waals surface area contributed by atoms with Gasteiger partial charge < -0.3 is 9.47 Å². The minimum atomic E-state index is -1.99. The maximum atomic E-state index is 5.81. The van der Waals surface area contributed by atoms with E-state index in [0.717, 1.165) is 18.3 Å². The highest BCUT2D eigenvalue weighted by molar-refractivity contribution is 7.95. The predicted molar refractivity (Wildman–Crippen MR) is 140 cm³/mol. The summed E-state index contributed by atoms with van der Waals surface area (Å²) in [7, 11) is -0.253. The van der Waals surface area contributed by atoms with Crippen LogP contribution in [0.2, 0.25) is 0 Å². The van der Waals surface area contributed by atoms with E-state index in [9.17, 15) is 0 Å². The summed E-state index contributed by atoms with van der Waals surface area (Å²) in [6.45, 7) is 4.72. The number of allylic oxidation sites excluding steroid dienone is 2. The van der Waals surface area contributed by atoms with E-state index >= 15 is 0 Å². The van der Waals surface area contributed by atoms with Crippen molar-refractivity contribution in [1.29, 1.82) is 0 Å². The summed E-state index contributed by atoms with van der Waals surface area (Å²) >= 11 is 0. The zero-order chi connectivity index (χ0) is 22.9. The quantitative estimate of drug-likeness (QED) is 0.420. The van der Waals surface area contributed by atoms with Gasteiger partial charge in [-0.1, -0.05) is 68.4 Å². The Kier molecular flexibility index (Phi) is 5.72. The third-order valence-corrected chi connectivity index (χ3v) is 11.2. The lowest BCUT2D eigenvalue weighted by atomic mass is 9.86. The van der Waals surface area contributed by atoms with Crippen molar-refractivity contribution in [2.75, 3.05) is 13.3 Å². The molecule has 0 N–H and O–H groups in total. The van der Waals surface area contributed by atoms with Crippen LogP contribution in [-0.2, 0) is 9.47 Å². The molecule has 166 valence electrons. The van der Waals surface area contributed by atoms with Gasteiger partial charge in [0.1, 0.15) is 29.4 Å². The molecule has 0 saturated heterocycles. The molecule has 0 fully saturated rings. The third-order valence-electron chi connectivity index (χ3n) is 6.91. The fraction of sp³-hybridized carbons (Fsp3) is 0.200. The summed E-state index contributed by atoms with van der Waals surface area (Å²) in [5.41, 5.74) is 3.94. The lowest BCUT2D eigenvalue weighted by Crippen LogP contribution is -2.35. The summed E-state index contributed by atoms with van der Waals surface area (Å²) in [5.74, 6) is 0.834. The van der Waals surface area contributed by atoms with Crippen molar-refractivity contribution < 1.29 is 9.47 Å². The van der Waals surface area contributed by atoms with Gasteiger partial charge in [0.2, 0.25) is 0 Å². The molecule has 0 saturated carbocycles. The van der Waals surface area contributed by atoms with Crippen LogP contribution in [0.25, 0.3) is 0 Å². The second-order valence-corrected chi connectivity index (χ2v) is 12.8. The third kappa shape index (κ3) is 3.73. The van der Waals surface area contributed by atoms with Gasteiger partial charge in [0.05, 0.1) is 19.5 Å². The molecule has 3 aromatic carbocycles. The summed E-state index contributed by atoms with van der Waals surface area (Å²) in [6.07, 6.45) is 5.57. The molecule has 33 heavy (non-hydrogen) atoms. The highest BCUT2D eigenvalue weighted by atomic mass is 31.2. The predicted octanol–water partition coefficient (Wildman–Crippen LogP) is 6.11. The van der Waals surface area contributed by atoms with Gasteiger partial charge in [0.25, 0.3) is 0 Å². The van der Waals surface area contributed by atoms with E-state index in [4.69, 9.17) is 9.47 Å². The van der Waals surface area contributed by atoms with Gasteiger partial charge in [0, 0.05) is 5.57 Å². The van der Waals surface area contributed by atoms with Crippen LogP contribution in [0, 0.1) is 5.41 Å². The largest absolute Gasteiger partial charge is 0.493 e. The van der Waals surface area contributed by atoms with Crippen molar-refractivity contribution in [3.8, 4) is 0 Å². The standard InChI is InChI=1S/C30H30O2P/c1-30(2)19-23-20-32-21-28(31-3)29(23)27(30)22-33(24-13-7-4-8-14-24,25-15-9-5-10-16-25)26-17-11-6-12-18-26/h4-18,20-21H,19,22H2,1-3H3/q+1. The van der Waals surface area contributed by atoms with Crippen LogP contribution < -0.4 is 15.9 Å². The fourth-order valence-corrected chi connectivity index (χ4v) is 9.84. The van der Waals surface area contributed by atoms with Crippen LogP contribution in [-0.4, -0.2) is 13.3 Å². The molecule has 2 aliphatic rings. The van der Waals surface area contributed by atoms with Gasteiger partial charge in [-0.15, -0.1) is 0 Å². The number of fused-ring (bicyclic) bond motifs is 1. The fourth-order valence-electron chi connectivity index (χ4n) is 5.30. The molecule has 0 unspecified atom stereocenters. The number of methoxy groups -OCH3 is 1. The molecule has 2 nitrogen and oxygen atoms in total. The van der Waals surface area contributed by atoms with Crippen molar-refractivity contribution in [3.63, 3.8) is 0 Å². The van der Waals surface area contributed by atoms with Crippen LogP contribution in [0.5, 0.6) is 0 Å². The minimum Gasteiger partial charge on any atom is -0.493 e. The Morgan fingerprint density at radius 1 is 0.758 bits per heavy atom. The molecule has 3 heteroatoms. The maximum Gasteiger partial charge on any atom is 0.161 e. The first-order valence-electron chi connectivity index (χ1n) is 11.4. The second-order valence-electron chi connectivity index (χ2n) is 9.35. The van der Waals surface area contributed by atoms with Gasteiger partial charge in [-0.25, -0.2) is 0 Å². The van der Waals surface area contributed by atoms with Gasteiger partial charge in [-0.3, -0.25) is 0 Å². The number of rotatable bonds is 6. The maximum absolute atomic E-state index is 5.81. The van der Waals surface area contributed by atoms with E-state index < -0.39 is 7.26 Å². The zero-order valence-electron chi connectivity index (χ0n) is 19.5. The van der Waals surface area contributed by atoms with Crippen molar-refractivity contribution in [2.45, 2.75) is 20.3 Å². The minimum absolute atomic E-state index is 0.01000. The first-order chi connectivity index (χ1) is 16.1. The summed E-state index contributed by atoms with van der Waals surface area (Å²) in [6, 6.07) is 33.3. The Hall–Kier alpha value is -3.09. The van der Waals surface area contributed by atoms with Crippen LogP contribution in [0.3, 0.4) is 0 Å². The van der Waals surface area contributed by atoms with Gasteiger partial charge >= 0.3 is 0 Å². The van der Waals surface area contributed by atoms with Gasteiger partial charge in [0.15, 0.2) is 5.76 Å². The SMILES string of the molecule is COC1=COC=C2CC(C)(C)C(C[P+](c3ccccc3)(c3ccccc3)c3ccccc3)=C21. The van der Waals surface area contributed by atoms with Crippen LogP contribution in [0.15, 0.2) is 126 Å². The Balaban J connectivity index is 1.82. The van der Waals surface area contributed by atoms with Gasteiger partial charge in [-0.2, -0.15) is 0 Å². The molecule has 1 aliphatic heterocycles. The summed E-state index contributed by atoms with van der Waals surface area (Å²) < 4.78 is 11.4. The number of benzene rings is 3. The van der Waals surface area contributed by atoms with E-state index in [-0.39, 0.29) is 5.41 Å². The topological polar surface area (TPSA) is 18.5 Å². The second kappa shape index (κ2) is 8.69. The first-order valence-corrected chi connectivity index (χ1v) is 13.4. The van der Waals surface area contributed by atoms with Crippen molar-refractivity contribution in [2.24, 2.45) is 5.41 Å². The number of hydrogen-bond donors (Lipinski definition) is 0. The van der Waals surface area contributed by atoms with Crippen LogP contribution in [0.4, 0.5) is 0 Å². The first kappa shape index (κ1) is 21.7. The normalized spacial score (nSPS) is 17.1.